The Labute approximate surface area is 130 Å². The fourth-order valence-corrected chi connectivity index (χ4v) is 2.24. The van der Waals surface area contributed by atoms with Crippen LogP contribution in [0.2, 0.25) is 0 Å². The van der Waals surface area contributed by atoms with Gasteiger partial charge >= 0.3 is 0 Å². The van der Waals surface area contributed by atoms with Crippen molar-refractivity contribution in [2.45, 2.75) is 0 Å². The maximum absolute atomic E-state index is 12.6. The molecule has 120 valence electrons. The summed E-state index contributed by atoms with van der Waals surface area (Å²) in [5.41, 5.74) is 1.43. The number of aromatic nitrogens is 1. The minimum atomic E-state index is -0.0655. The van der Waals surface area contributed by atoms with E-state index in [1.165, 1.54) is 0 Å². The zero-order valence-corrected chi connectivity index (χ0v) is 13.2. The van der Waals surface area contributed by atoms with Gasteiger partial charge in [0.05, 0.1) is 20.3 Å². The lowest BCUT2D eigenvalue weighted by Gasteiger charge is -2.21. The van der Waals surface area contributed by atoms with Crippen LogP contribution in [-0.4, -0.2) is 63.4 Å². The number of benzene rings is 1. The van der Waals surface area contributed by atoms with Crippen LogP contribution in [0.15, 0.2) is 24.3 Å². The predicted octanol–water partition coefficient (Wildman–Crippen LogP) is 1.91. The zero-order chi connectivity index (χ0) is 15.9. The SMILES string of the molecule is COCCN(CCOC)C(=O)c1cc2ccc(OC)cc2[nH]1. The molecule has 0 spiro atoms. The number of nitrogens with zero attached hydrogens (tertiary/aromatic N) is 1. The summed E-state index contributed by atoms with van der Waals surface area (Å²) in [6.45, 7) is 2.03. The van der Waals surface area contributed by atoms with Gasteiger partial charge in [-0.15, -0.1) is 0 Å². The summed E-state index contributed by atoms with van der Waals surface area (Å²) in [4.78, 5) is 17.5. The number of H-pyrrole nitrogens is 1. The maximum atomic E-state index is 12.6. The summed E-state index contributed by atoms with van der Waals surface area (Å²) >= 11 is 0. The molecule has 1 aromatic heterocycles. The Balaban J connectivity index is 2.21. The molecular weight excluding hydrogens is 284 g/mol. The highest BCUT2D eigenvalue weighted by molar-refractivity contribution is 5.98. The second kappa shape index (κ2) is 7.82. The van der Waals surface area contributed by atoms with Crippen molar-refractivity contribution in [2.75, 3.05) is 47.6 Å². The lowest BCUT2D eigenvalue weighted by Crippen LogP contribution is -2.36. The average Bonchev–Trinajstić information content (AvgIpc) is 2.97. The van der Waals surface area contributed by atoms with Crippen LogP contribution in [0.3, 0.4) is 0 Å². The van der Waals surface area contributed by atoms with Crippen molar-refractivity contribution in [3.05, 3.63) is 30.0 Å². The molecule has 0 fully saturated rings. The van der Waals surface area contributed by atoms with Crippen molar-refractivity contribution < 1.29 is 19.0 Å². The summed E-state index contributed by atoms with van der Waals surface area (Å²) in [6.07, 6.45) is 0. The molecule has 1 amide bonds. The number of nitrogens with one attached hydrogen (secondary N) is 1. The Bertz CT molecular complexity index is 616. The van der Waals surface area contributed by atoms with Gasteiger partial charge < -0.3 is 24.1 Å². The molecule has 0 atom stereocenters. The molecule has 0 aliphatic carbocycles. The molecule has 2 rings (SSSR count). The molecule has 1 heterocycles. The topological polar surface area (TPSA) is 63.8 Å². The van der Waals surface area contributed by atoms with Gasteiger partial charge in [0, 0.05) is 44.3 Å². The molecule has 2 aromatic rings. The number of carbonyl (C=O) groups is 1. The quantitative estimate of drug-likeness (QED) is 0.809. The lowest BCUT2D eigenvalue weighted by atomic mass is 10.2. The first-order valence-corrected chi connectivity index (χ1v) is 7.13. The van der Waals surface area contributed by atoms with Crippen molar-refractivity contribution in [1.82, 2.24) is 9.88 Å². The van der Waals surface area contributed by atoms with E-state index in [2.05, 4.69) is 4.98 Å². The highest BCUT2D eigenvalue weighted by Crippen LogP contribution is 2.21. The minimum absolute atomic E-state index is 0.0655. The number of amides is 1. The monoisotopic (exact) mass is 306 g/mol. The van der Waals surface area contributed by atoms with E-state index in [-0.39, 0.29) is 5.91 Å². The number of methoxy groups -OCH3 is 3. The summed E-state index contributed by atoms with van der Waals surface area (Å²) in [7, 11) is 4.86. The number of carbonyl (C=O) groups excluding carboxylic acids is 1. The standard InChI is InChI=1S/C16H22N2O4/c1-20-8-6-18(7-9-21-2)16(19)15-10-12-4-5-13(22-3)11-14(12)17-15/h4-5,10-11,17H,6-9H2,1-3H3. The second-order valence-electron chi connectivity index (χ2n) is 4.91. The summed E-state index contributed by atoms with van der Waals surface area (Å²) in [5.74, 6) is 0.688. The first-order valence-electron chi connectivity index (χ1n) is 7.13. The van der Waals surface area contributed by atoms with Gasteiger partial charge in [-0.2, -0.15) is 0 Å². The number of ether oxygens (including phenoxy) is 3. The Morgan fingerprint density at radius 3 is 2.36 bits per heavy atom. The smallest absolute Gasteiger partial charge is 0.270 e. The van der Waals surface area contributed by atoms with Gasteiger partial charge in [-0.05, 0) is 18.2 Å². The number of hydrogen-bond donors (Lipinski definition) is 1. The molecule has 1 N–H and O–H groups in total. The van der Waals surface area contributed by atoms with Crippen molar-refractivity contribution in [3.8, 4) is 5.75 Å². The van der Waals surface area contributed by atoms with Crippen LogP contribution in [-0.2, 0) is 9.47 Å². The molecule has 0 unspecified atom stereocenters. The van der Waals surface area contributed by atoms with Crippen molar-refractivity contribution >= 4 is 16.8 Å². The van der Waals surface area contributed by atoms with Crippen LogP contribution in [0.4, 0.5) is 0 Å². The van der Waals surface area contributed by atoms with Gasteiger partial charge in [-0.3, -0.25) is 4.79 Å². The van der Waals surface area contributed by atoms with Crippen LogP contribution >= 0.6 is 0 Å². The Morgan fingerprint density at radius 1 is 1.09 bits per heavy atom. The normalized spacial score (nSPS) is 10.9. The number of hydrogen-bond acceptors (Lipinski definition) is 4. The van der Waals surface area contributed by atoms with E-state index in [1.807, 2.05) is 24.3 Å². The van der Waals surface area contributed by atoms with Crippen molar-refractivity contribution in [2.24, 2.45) is 0 Å². The third-order valence-electron chi connectivity index (χ3n) is 3.48. The van der Waals surface area contributed by atoms with E-state index in [4.69, 9.17) is 14.2 Å². The third-order valence-corrected chi connectivity index (χ3v) is 3.48. The molecule has 0 aliphatic rings. The molecule has 0 radical (unpaired) electrons. The zero-order valence-electron chi connectivity index (χ0n) is 13.2. The van der Waals surface area contributed by atoms with Crippen LogP contribution in [0.1, 0.15) is 10.5 Å². The number of fused-ring (bicyclic) bond motifs is 1. The fraction of sp³-hybridized carbons (Fsp3) is 0.438. The predicted molar refractivity (Wildman–Crippen MR) is 84.5 cm³/mol. The van der Waals surface area contributed by atoms with Gasteiger partial charge in [-0.25, -0.2) is 0 Å². The summed E-state index contributed by atoms with van der Waals surface area (Å²) in [5, 5.41) is 0.975. The van der Waals surface area contributed by atoms with Crippen LogP contribution < -0.4 is 4.74 Å². The van der Waals surface area contributed by atoms with Crippen LogP contribution in [0, 0.1) is 0 Å². The molecule has 1 aromatic carbocycles. The van der Waals surface area contributed by atoms with E-state index in [0.717, 1.165) is 16.7 Å². The highest BCUT2D eigenvalue weighted by atomic mass is 16.5. The van der Waals surface area contributed by atoms with Gasteiger partial charge in [0.2, 0.25) is 0 Å². The molecule has 0 bridgehead atoms. The van der Waals surface area contributed by atoms with Gasteiger partial charge in [0.15, 0.2) is 0 Å². The number of rotatable bonds is 8. The molecule has 6 nitrogen and oxygen atoms in total. The Hall–Kier alpha value is -2.05. The molecule has 0 aliphatic heterocycles. The summed E-state index contributed by atoms with van der Waals surface area (Å²) in [6, 6.07) is 7.53. The van der Waals surface area contributed by atoms with Crippen LogP contribution in [0.5, 0.6) is 5.75 Å². The van der Waals surface area contributed by atoms with Crippen LogP contribution in [0.25, 0.3) is 10.9 Å². The van der Waals surface area contributed by atoms with E-state index in [9.17, 15) is 4.79 Å². The lowest BCUT2D eigenvalue weighted by molar-refractivity contribution is 0.0623. The average molecular weight is 306 g/mol. The Morgan fingerprint density at radius 2 is 1.77 bits per heavy atom. The molecule has 0 saturated heterocycles. The van der Waals surface area contributed by atoms with Gasteiger partial charge in [-0.1, -0.05) is 0 Å². The first-order chi connectivity index (χ1) is 10.7. The molecule has 0 saturated carbocycles. The third kappa shape index (κ3) is 3.78. The maximum Gasteiger partial charge on any atom is 0.270 e. The number of aromatic amines is 1. The van der Waals surface area contributed by atoms with E-state index in [1.54, 1.807) is 26.2 Å². The van der Waals surface area contributed by atoms with Crippen molar-refractivity contribution in [3.63, 3.8) is 0 Å². The van der Waals surface area contributed by atoms with E-state index < -0.39 is 0 Å². The minimum Gasteiger partial charge on any atom is -0.497 e. The largest absolute Gasteiger partial charge is 0.497 e. The fourth-order valence-electron chi connectivity index (χ4n) is 2.24. The van der Waals surface area contributed by atoms with Gasteiger partial charge in [0.1, 0.15) is 11.4 Å². The second-order valence-corrected chi connectivity index (χ2v) is 4.91. The molecular formula is C16H22N2O4. The van der Waals surface area contributed by atoms with E-state index in [0.29, 0.717) is 32.0 Å². The van der Waals surface area contributed by atoms with E-state index >= 15 is 0 Å². The highest BCUT2D eigenvalue weighted by Gasteiger charge is 2.17. The summed E-state index contributed by atoms with van der Waals surface area (Å²) < 4.78 is 15.3. The van der Waals surface area contributed by atoms with Crippen molar-refractivity contribution in [1.29, 1.82) is 0 Å². The first kappa shape index (κ1) is 16.3. The molecule has 22 heavy (non-hydrogen) atoms. The van der Waals surface area contributed by atoms with Gasteiger partial charge in [0.25, 0.3) is 5.91 Å². The Kier molecular flexibility index (Phi) is 5.80. The molecule has 6 heteroatoms.